The zero-order valence-electron chi connectivity index (χ0n) is 8.18. The number of hydrogen-bond donors (Lipinski definition) is 2. The lowest BCUT2D eigenvalue weighted by atomic mass is 10.0. The molecule has 2 rings (SSSR count). The Morgan fingerprint density at radius 2 is 2.29 bits per heavy atom. The van der Waals surface area contributed by atoms with Crippen molar-refractivity contribution in [3.05, 3.63) is 27.7 Å². The van der Waals surface area contributed by atoms with E-state index >= 15 is 0 Å². The van der Waals surface area contributed by atoms with Gasteiger partial charge in [0.25, 0.3) is 0 Å². The van der Waals surface area contributed by atoms with Crippen LogP contribution in [0.15, 0.2) is 16.6 Å². The fraction of sp³-hybridized carbons (Fsp3) is 0.455. The first kappa shape index (κ1) is 9.99. The summed E-state index contributed by atoms with van der Waals surface area (Å²) < 4.78 is 0.823. The van der Waals surface area contributed by atoms with Gasteiger partial charge < -0.3 is 10.4 Å². The van der Waals surface area contributed by atoms with Gasteiger partial charge in [-0.25, -0.2) is 0 Å². The van der Waals surface area contributed by atoms with E-state index < -0.39 is 0 Å². The Bertz CT molecular complexity index is 345. The van der Waals surface area contributed by atoms with Gasteiger partial charge >= 0.3 is 0 Å². The summed E-state index contributed by atoms with van der Waals surface area (Å²) in [5.41, 5.74) is 2.09. The van der Waals surface area contributed by atoms with Crippen LogP contribution in [0.1, 0.15) is 30.0 Å². The highest BCUT2D eigenvalue weighted by molar-refractivity contribution is 9.10. The number of benzene rings is 1. The molecule has 0 aromatic heterocycles. The van der Waals surface area contributed by atoms with Crippen LogP contribution in [0.25, 0.3) is 0 Å². The maximum absolute atomic E-state index is 9.95. The predicted molar refractivity (Wildman–Crippen MR) is 60.5 cm³/mol. The Hall–Kier alpha value is -0.540. The average Bonchev–Trinajstić information content (AvgIpc) is 2.67. The van der Waals surface area contributed by atoms with Crippen molar-refractivity contribution >= 4 is 15.9 Å². The number of aromatic hydroxyl groups is 1. The van der Waals surface area contributed by atoms with Crippen molar-refractivity contribution in [3.63, 3.8) is 0 Å². The van der Waals surface area contributed by atoms with E-state index in [2.05, 4.69) is 21.2 Å². The van der Waals surface area contributed by atoms with Crippen LogP contribution in [0.5, 0.6) is 5.75 Å². The molecule has 0 aliphatic carbocycles. The van der Waals surface area contributed by atoms with Crippen molar-refractivity contribution in [2.75, 3.05) is 6.54 Å². The molecule has 1 aromatic rings. The second kappa shape index (κ2) is 3.91. The Kier molecular flexibility index (Phi) is 2.79. The molecule has 2 nitrogen and oxygen atoms in total. The molecule has 0 saturated carbocycles. The Morgan fingerprint density at radius 3 is 2.93 bits per heavy atom. The topological polar surface area (TPSA) is 32.3 Å². The van der Waals surface area contributed by atoms with Crippen LogP contribution in [0, 0.1) is 6.92 Å². The first-order valence-electron chi connectivity index (χ1n) is 4.91. The van der Waals surface area contributed by atoms with Gasteiger partial charge in [0.15, 0.2) is 0 Å². The van der Waals surface area contributed by atoms with Crippen molar-refractivity contribution in [1.82, 2.24) is 5.32 Å². The van der Waals surface area contributed by atoms with Crippen molar-refractivity contribution in [3.8, 4) is 5.75 Å². The van der Waals surface area contributed by atoms with E-state index in [4.69, 9.17) is 0 Å². The summed E-state index contributed by atoms with van der Waals surface area (Å²) in [5.74, 6) is 0.393. The number of rotatable bonds is 1. The fourth-order valence-corrected chi connectivity index (χ4v) is 2.27. The minimum atomic E-state index is 0.326. The number of halogens is 1. The lowest BCUT2D eigenvalue weighted by Gasteiger charge is -2.14. The van der Waals surface area contributed by atoms with E-state index in [1.165, 1.54) is 6.42 Å². The number of phenolic OH excluding ortho intramolecular Hbond substituents is 1. The van der Waals surface area contributed by atoms with Gasteiger partial charge in [0.1, 0.15) is 5.75 Å². The quantitative estimate of drug-likeness (QED) is 0.809. The van der Waals surface area contributed by atoms with E-state index in [1.807, 2.05) is 19.1 Å². The molecule has 1 atom stereocenters. The molecule has 1 saturated heterocycles. The first-order valence-corrected chi connectivity index (χ1v) is 5.71. The summed E-state index contributed by atoms with van der Waals surface area (Å²) in [5, 5.41) is 13.3. The molecule has 76 valence electrons. The van der Waals surface area contributed by atoms with Crippen LogP contribution in [0.2, 0.25) is 0 Å². The molecule has 3 heteroatoms. The zero-order chi connectivity index (χ0) is 10.1. The largest absolute Gasteiger partial charge is 0.506 e. The minimum Gasteiger partial charge on any atom is -0.506 e. The third kappa shape index (κ3) is 1.66. The van der Waals surface area contributed by atoms with Crippen LogP contribution >= 0.6 is 15.9 Å². The smallest absolute Gasteiger partial charge is 0.134 e. The maximum Gasteiger partial charge on any atom is 0.134 e. The van der Waals surface area contributed by atoms with Gasteiger partial charge in [-0.05, 0) is 47.8 Å². The number of phenols is 1. The second-order valence-corrected chi connectivity index (χ2v) is 4.58. The predicted octanol–water partition coefficient (Wildman–Crippen LogP) is 2.89. The van der Waals surface area contributed by atoms with Crippen LogP contribution < -0.4 is 5.32 Å². The van der Waals surface area contributed by atoms with Crippen LogP contribution in [-0.4, -0.2) is 11.7 Å². The van der Waals surface area contributed by atoms with E-state index in [0.29, 0.717) is 11.8 Å². The molecule has 1 fully saturated rings. The summed E-state index contributed by atoms with van der Waals surface area (Å²) in [6.45, 7) is 3.03. The summed E-state index contributed by atoms with van der Waals surface area (Å²) in [6.07, 6.45) is 2.30. The molecule has 0 spiro atoms. The van der Waals surface area contributed by atoms with E-state index in [1.54, 1.807) is 0 Å². The molecule has 1 unspecified atom stereocenters. The second-order valence-electron chi connectivity index (χ2n) is 3.78. The number of nitrogens with one attached hydrogen (secondary N) is 1. The highest BCUT2D eigenvalue weighted by Crippen LogP contribution is 2.37. The maximum atomic E-state index is 9.95. The molecule has 0 radical (unpaired) electrons. The molecule has 0 amide bonds. The Morgan fingerprint density at radius 1 is 1.50 bits per heavy atom. The molecule has 14 heavy (non-hydrogen) atoms. The molecule has 1 aliphatic rings. The average molecular weight is 256 g/mol. The Labute approximate surface area is 92.5 Å². The molecule has 0 bridgehead atoms. The minimum absolute atomic E-state index is 0.326. The third-order valence-corrected chi connectivity index (χ3v) is 3.78. The van der Waals surface area contributed by atoms with Crippen LogP contribution in [0.4, 0.5) is 0 Å². The van der Waals surface area contributed by atoms with E-state index in [-0.39, 0.29) is 0 Å². The first-order chi connectivity index (χ1) is 6.70. The SMILES string of the molecule is Cc1ccc(C2CCCN2)c(O)c1Br. The molecular weight excluding hydrogens is 242 g/mol. The molecule has 1 aliphatic heterocycles. The lowest BCUT2D eigenvalue weighted by Crippen LogP contribution is -2.13. The molecule has 1 aromatic carbocycles. The molecule has 1 heterocycles. The van der Waals surface area contributed by atoms with Crippen LogP contribution in [-0.2, 0) is 0 Å². The van der Waals surface area contributed by atoms with Gasteiger partial charge in [-0.3, -0.25) is 0 Å². The molecular formula is C11H14BrNO. The number of aryl methyl sites for hydroxylation is 1. The van der Waals surface area contributed by atoms with Gasteiger partial charge in [-0.15, -0.1) is 0 Å². The highest BCUT2D eigenvalue weighted by atomic mass is 79.9. The van der Waals surface area contributed by atoms with Gasteiger partial charge in [-0.1, -0.05) is 12.1 Å². The van der Waals surface area contributed by atoms with Crippen molar-refractivity contribution in [2.45, 2.75) is 25.8 Å². The summed E-state index contributed by atoms with van der Waals surface area (Å²) in [6, 6.07) is 4.38. The van der Waals surface area contributed by atoms with Gasteiger partial charge in [-0.2, -0.15) is 0 Å². The van der Waals surface area contributed by atoms with Crippen molar-refractivity contribution in [2.24, 2.45) is 0 Å². The summed E-state index contributed by atoms with van der Waals surface area (Å²) in [7, 11) is 0. The van der Waals surface area contributed by atoms with Gasteiger partial charge in [0.05, 0.1) is 4.47 Å². The standard InChI is InChI=1S/C11H14BrNO/c1-7-4-5-8(11(14)10(7)12)9-3-2-6-13-9/h4-5,9,13-14H,2-3,6H2,1H3. The summed E-state index contributed by atoms with van der Waals surface area (Å²) in [4.78, 5) is 0. The highest BCUT2D eigenvalue weighted by Gasteiger charge is 2.20. The van der Waals surface area contributed by atoms with Gasteiger partial charge in [0.2, 0.25) is 0 Å². The fourth-order valence-electron chi connectivity index (χ4n) is 1.91. The third-order valence-electron chi connectivity index (χ3n) is 2.78. The van der Waals surface area contributed by atoms with Crippen molar-refractivity contribution < 1.29 is 5.11 Å². The Balaban J connectivity index is 2.38. The van der Waals surface area contributed by atoms with Crippen LogP contribution in [0.3, 0.4) is 0 Å². The van der Waals surface area contributed by atoms with E-state index in [9.17, 15) is 5.11 Å². The summed E-state index contributed by atoms with van der Waals surface area (Å²) >= 11 is 3.40. The normalized spacial score (nSPS) is 21.4. The van der Waals surface area contributed by atoms with Crippen molar-refractivity contribution in [1.29, 1.82) is 0 Å². The number of hydrogen-bond acceptors (Lipinski definition) is 2. The molecule has 2 N–H and O–H groups in total. The monoisotopic (exact) mass is 255 g/mol. The zero-order valence-corrected chi connectivity index (χ0v) is 9.76. The lowest BCUT2D eigenvalue weighted by molar-refractivity contribution is 0.453. The van der Waals surface area contributed by atoms with E-state index in [0.717, 1.165) is 28.6 Å². The van der Waals surface area contributed by atoms with Gasteiger partial charge in [0, 0.05) is 11.6 Å².